The molecule has 0 spiro atoms. The SMILES string of the molecule is c1ccc(-c2ccc(N(c3ccc(-c4cc5ccccc5c5c4ccc4ccccc45)cc3)c3ccc4c(c3)sc3ccccc34)cc2)cc1. The summed E-state index contributed by atoms with van der Waals surface area (Å²) < 4.78 is 2.61. The van der Waals surface area contributed by atoms with E-state index in [0.29, 0.717) is 0 Å². The molecule has 0 saturated heterocycles. The normalized spacial score (nSPS) is 11.6. The van der Waals surface area contributed by atoms with Gasteiger partial charge in [-0.3, -0.25) is 0 Å². The number of thiophene rings is 1. The number of hydrogen-bond acceptors (Lipinski definition) is 2. The highest BCUT2D eigenvalue weighted by atomic mass is 32.1. The zero-order valence-corrected chi connectivity index (χ0v) is 28.1. The molecular weight excluding hydrogens is 623 g/mol. The Hall–Kier alpha value is -6.22. The van der Waals surface area contributed by atoms with Crippen molar-refractivity contribution in [3.63, 3.8) is 0 Å². The summed E-state index contributed by atoms with van der Waals surface area (Å²) in [7, 11) is 0. The molecule has 0 aliphatic carbocycles. The van der Waals surface area contributed by atoms with E-state index >= 15 is 0 Å². The van der Waals surface area contributed by atoms with E-state index in [1.165, 1.54) is 74.7 Å². The van der Waals surface area contributed by atoms with Gasteiger partial charge in [0.15, 0.2) is 0 Å². The molecule has 0 bridgehead atoms. The monoisotopic (exact) mass is 653 g/mol. The minimum atomic E-state index is 1.12. The first kappa shape index (κ1) is 28.8. The first-order valence-electron chi connectivity index (χ1n) is 17.1. The molecule has 1 nitrogen and oxygen atoms in total. The number of anilines is 3. The third-order valence-electron chi connectivity index (χ3n) is 10.0. The van der Waals surface area contributed by atoms with Crippen LogP contribution < -0.4 is 4.90 Å². The predicted molar refractivity (Wildman–Crippen MR) is 217 cm³/mol. The third-order valence-corrected chi connectivity index (χ3v) is 11.2. The van der Waals surface area contributed by atoms with Crippen molar-refractivity contribution in [1.29, 1.82) is 0 Å². The quantitative estimate of drug-likeness (QED) is 0.167. The van der Waals surface area contributed by atoms with Crippen LogP contribution in [-0.2, 0) is 0 Å². The van der Waals surface area contributed by atoms with Crippen molar-refractivity contribution < 1.29 is 0 Å². The Morgan fingerprint density at radius 1 is 0.320 bits per heavy atom. The minimum Gasteiger partial charge on any atom is -0.310 e. The van der Waals surface area contributed by atoms with E-state index in [1.54, 1.807) is 0 Å². The lowest BCUT2D eigenvalue weighted by atomic mass is 9.90. The fraction of sp³-hybridized carbons (Fsp3) is 0. The van der Waals surface area contributed by atoms with Crippen LogP contribution in [-0.4, -0.2) is 0 Å². The van der Waals surface area contributed by atoms with Crippen molar-refractivity contribution in [1.82, 2.24) is 0 Å². The van der Waals surface area contributed by atoms with E-state index in [9.17, 15) is 0 Å². The Morgan fingerprint density at radius 3 is 1.62 bits per heavy atom. The van der Waals surface area contributed by atoms with Crippen molar-refractivity contribution in [2.75, 3.05) is 4.90 Å². The molecule has 2 heteroatoms. The van der Waals surface area contributed by atoms with Crippen molar-refractivity contribution in [3.8, 4) is 22.3 Å². The second-order valence-corrected chi connectivity index (χ2v) is 14.0. The highest BCUT2D eigenvalue weighted by Gasteiger charge is 2.17. The molecule has 0 saturated carbocycles. The average molecular weight is 654 g/mol. The first-order chi connectivity index (χ1) is 24.8. The fourth-order valence-electron chi connectivity index (χ4n) is 7.63. The number of fused-ring (bicyclic) bond motifs is 8. The zero-order chi connectivity index (χ0) is 33.0. The molecule has 50 heavy (non-hydrogen) atoms. The van der Waals surface area contributed by atoms with Crippen LogP contribution in [0.5, 0.6) is 0 Å². The lowest BCUT2D eigenvalue weighted by molar-refractivity contribution is 1.29. The molecule has 10 rings (SSSR count). The van der Waals surface area contributed by atoms with Gasteiger partial charge in [0, 0.05) is 37.2 Å². The van der Waals surface area contributed by atoms with Crippen molar-refractivity contribution in [3.05, 3.63) is 188 Å². The van der Waals surface area contributed by atoms with Gasteiger partial charge in [-0.05, 0) is 103 Å². The first-order valence-corrected chi connectivity index (χ1v) is 17.9. The second kappa shape index (κ2) is 11.7. The maximum Gasteiger partial charge on any atom is 0.0476 e. The van der Waals surface area contributed by atoms with Crippen LogP contribution in [0.2, 0.25) is 0 Å². The highest BCUT2D eigenvalue weighted by molar-refractivity contribution is 7.25. The van der Waals surface area contributed by atoms with Crippen LogP contribution >= 0.6 is 11.3 Å². The van der Waals surface area contributed by atoms with E-state index in [0.717, 1.165) is 17.1 Å². The molecule has 0 unspecified atom stereocenters. The smallest absolute Gasteiger partial charge is 0.0476 e. The summed E-state index contributed by atoms with van der Waals surface area (Å²) in [6, 6.07) is 68.7. The summed E-state index contributed by atoms with van der Waals surface area (Å²) in [4.78, 5) is 2.38. The Morgan fingerprint density at radius 2 is 0.860 bits per heavy atom. The van der Waals surface area contributed by atoms with E-state index in [4.69, 9.17) is 0 Å². The molecule has 0 aliphatic rings. The van der Waals surface area contributed by atoms with Crippen molar-refractivity contribution in [2.45, 2.75) is 0 Å². The molecule has 0 radical (unpaired) electrons. The molecule has 9 aromatic carbocycles. The van der Waals surface area contributed by atoms with Gasteiger partial charge < -0.3 is 4.90 Å². The van der Waals surface area contributed by atoms with Crippen LogP contribution in [0.3, 0.4) is 0 Å². The summed E-state index contributed by atoms with van der Waals surface area (Å²) in [5.74, 6) is 0. The van der Waals surface area contributed by atoms with Gasteiger partial charge in [-0.1, -0.05) is 140 Å². The number of rotatable bonds is 5. The Bertz CT molecular complexity index is 2830. The molecular formula is C48H31NS. The molecule has 10 aromatic rings. The summed E-state index contributed by atoms with van der Waals surface area (Å²) in [5.41, 5.74) is 8.28. The standard InChI is InChI=1S/C48H31NS/c1-2-10-32(11-3-1)33-18-23-37(24-19-33)49(39-27-29-43-42-16-8-9-17-46(42)50-47(43)31-39)38-25-20-35(21-26-38)45-30-36-13-5-7-15-41(36)48-40-14-6-4-12-34(40)22-28-44(45)48/h1-31H. The number of benzene rings is 9. The molecule has 0 aliphatic heterocycles. The molecule has 1 aromatic heterocycles. The number of nitrogens with zero attached hydrogens (tertiary/aromatic N) is 1. The topological polar surface area (TPSA) is 3.24 Å². The van der Waals surface area contributed by atoms with Crippen LogP contribution in [0.25, 0.3) is 74.7 Å². The number of hydrogen-bond donors (Lipinski definition) is 0. The lowest BCUT2D eigenvalue weighted by Gasteiger charge is -2.26. The lowest BCUT2D eigenvalue weighted by Crippen LogP contribution is -2.09. The van der Waals surface area contributed by atoms with E-state index in [2.05, 4.69) is 193 Å². The van der Waals surface area contributed by atoms with Gasteiger partial charge in [0.2, 0.25) is 0 Å². The summed E-state index contributed by atoms with van der Waals surface area (Å²) >= 11 is 1.86. The molecule has 234 valence electrons. The zero-order valence-electron chi connectivity index (χ0n) is 27.3. The van der Waals surface area contributed by atoms with Gasteiger partial charge in [0.05, 0.1) is 0 Å². The maximum absolute atomic E-state index is 2.38. The van der Waals surface area contributed by atoms with Crippen molar-refractivity contribution in [2.24, 2.45) is 0 Å². The van der Waals surface area contributed by atoms with E-state index in [-0.39, 0.29) is 0 Å². The van der Waals surface area contributed by atoms with Gasteiger partial charge >= 0.3 is 0 Å². The molecule has 0 amide bonds. The molecule has 0 fully saturated rings. The van der Waals surface area contributed by atoms with Crippen LogP contribution in [0.15, 0.2) is 188 Å². The average Bonchev–Trinajstić information content (AvgIpc) is 3.56. The largest absolute Gasteiger partial charge is 0.310 e. The molecule has 0 N–H and O–H groups in total. The van der Waals surface area contributed by atoms with Crippen LogP contribution in [0, 0.1) is 0 Å². The van der Waals surface area contributed by atoms with E-state index in [1.807, 2.05) is 11.3 Å². The Labute approximate surface area is 294 Å². The van der Waals surface area contributed by atoms with Gasteiger partial charge in [-0.15, -0.1) is 11.3 Å². The predicted octanol–water partition coefficient (Wildman–Crippen LogP) is 14.3. The molecule has 0 atom stereocenters. The van der Waals surface area contributed by atoms with Crippen LogP contribution in [0.4, 0.5) is 17.1 Å². The Kier molecular flexibility index (Phi) is 6.75. The molecule has 1 heterocycles. The van der Waals surface area contributed by atoms with E-state index < -0.39 is 0 Å². The van der Waals surface area contributed by atoms with Gasteiger partial charge in [0.25, 0.3) is 0 Å². The van der Waals surface area contributed by atoms with Gasteiger partial charge in [-0.2, -0.15) is 0 Å². The minimum absolute atomic E-state index is 1.12. The third kappa shape index (κ3) is 4.76. The van der Waals surface area contributed by atoms with Gasteiger partial charge in [0.1, 0.15) is 0 Å². The summed E-state index contributed by atoms with van der Waals surface area (Å²) in [5, 5.41) is 10.3. The highest BCUT2D eigenvalue weighted by Crippen LogP contribution is 2.43. The summed E-state index contributed by atoms with van der Waals surface area (Å²) in [6.45, 7) is 0. The van der Waals surface area contributed by atoms with Crippen LogP contribution in [0.1, 0.15) is 0 Å². The second-order valence-electron chi connectivity index (χ2n) is 12.9. The Balaban J connectivity index is 1.12. The summed E-state index contributed by atoms with van der Waals surface area (Å²) in [6.07, 6.45) is 0. The van der Waals surface area contributed by atoms with Crippen molar-refractivity contribution >= 4 is 80.9 Å². The maximum atomic E-state index is 2.38. The fourth-order valence-corrected chi connectivity index (χ4v) is 8.77. The van der Waals surface area contributed by atoms with Gasteiger partial charge in [-0.25, -0.2) is 0 Å².